The quantitative estimate of drug-likeness (QED) is 0.479. The van der Waals surface area contributed by atoms with Crippen molar-refractivity contribution in [2.24, 2.45) is 5.92 Å². The first-order valence-electron chi connectivity index (χ1n) is 10.6. The monoisotopic (exact) mass is 480 g/mol. The Labute approximate surface area is 192 Å². The topological polar surface area (TPSA) is 148 Å². The number of rotatable bonds is 7. The Morgan fingerprint density at radius 2 is 1.85 bits per heavy atom. The number of aryl methyl sites for hydroxylation is 1. The first kappa shape index (κ1) is 24.7. The first-order chi connectivity index (χ1) is 15.7. The average Bonchev–Trinajstić information content (AvgIpc) is 3.16. The molecule has 11 nitrogen and oxygen atoms in total. The zero-order valence-corrected chi connectivity index (χ0v) is 19.4. The van der Waals surface area contributed by atoms with Crippen LogP contribution in [0.5, 0.6) is 11.6 Å². The Morgan fingerprint density at radius 1 is 1.12 bits per heavy atom. The number of hydrogen-bond acceptors (Lipinski definition) is 9. The fraction of sp³-hybridized carbons (Fsp3) is 0.476. The van der Waals surface area contributed by atoms with Crippen molar-refractivity contribution in [3.8, 4) is 11.6 Å². The van der Waals surface area contributed by atoms with Gasteiger partial charge < -0.3 is 18.9 Å². The lowest BCUT2D eigenvalue weighted by Gasteiger charge is -2.32. The van der Waals surface area contributed by atoms with Gasteiger partial charge in [-0.15, -0.1) is 5.10 Å². The van der Waals surface area contributed by atoms with Crippen LogP contribution >= 0.6 is 0 Å². The summed E-state index contributed by atoms with van der Waals surface area (Å²) in [6, 6.07) is 9.84. The minimum absolute atomic E-state index is 0.536. The van der Waals surface area contributed by atoms with Crippen molar-refractivity contribution in [2.45, 2.75) is 33.1 Å². The first-order valence-corrected chi connectivity index (χ1v) is 12.0. The SMILES string of the molecule is CCOc1noc2cc(OCCC3CCN(c4ccc(C)nn4)CC3)ccc12.O=S(=O)(O)O. The van der Waals surface area contributed by atoms with E-state index >= 15 is 0 Å². The molecule has 4 rings (SSSR count). The maximum absolute atomic E-state index is 8.74. The van der Waals surface area contributed by atoms with Gasteiger partial charge >= 0.3 is 10.4 Å². The number of aromatic nitrogens is 3. The molecule has 2 N–H and O–H groups in total. The van der Waals surface area contributed by atoms with E-state index in [1.165, 1.54) is 0 Å². The Morgan fingerprint density at radius 3 is 2.48 bits per heavy atom. The van der Waals surface area contributed by atoms with Crippen molar-refractivity contribution in [3.63, 3.8) is 0 Å². The predicted octanol–water partition coefficient (Wildman–Crippen LogP) is 3.36. The molecule has 0 atom stereocenters. The van der Waals surface area contributed by atoms with Gasteiger partial charge in [0.05, 0.1) is 24.3 Å². The van der Waals surface area contributed by atoms with Crippen LogP contribution in [0.25, 0.3) is 11.0 Å². The molecule has 1 saturated heterocycles. The molecular weight excluding hydrogens is 452 g/mol. The molecule has 12 heteroatoms. The molecule has 0 amide bonds. The van der Waals surface area contributed by atoms with Crippen LogP contribution in [0.4, 0.5) is 5.82 Å². The summed E-state index contributed by atoms with van der Waals surface area (Å²) in [6.07, 6.45) is 3.35. The number of nitrogens with zero attached hydrogens (tertiary/aromatic N) is 4. The highest BCUT2D eigenvalue weighted by atomic mass is 32.3. The molecule has 0 unspecified atom stereocenters. The van der Waals surface area contributed by atoms with Crippen LogP contribution in [0.1, 0.15) is 31.9 Å². The zero-order chi connectivity index (χ0) is 23.8. The van der Waals surface area contributed by atoms with E-state index in [9.17, 15) is 0 Å². The predicted molar refractivity (Wildman–Crippen MR) is 121 cm³/mol. The fourth-order valence-electron chi connectivity index (χ4n) is 3.58. The lowest BCUT2D eigenvalue weighted by molar-refractivity contribution is 0.258. The third-order valence-corrected chi connectivity index (χ3v) is 5.21. The molecule has 180 valence electrons. The Kier molecular flexibility index (Phi) is 8.42. The summed E-state index contributed by atoms with van der Waals surface area (Å²) in [5.41, 5.74) is 1.64. The molecule has 0 aliphatic carbocycles. The van der Waals surface area contributed by atoms with E-state index in [0.717, 1.165) is 55.0 Å². The van der Waals surface area contributed by atoms with E-state index in [4.69, 9.17) is 31.5 Å². The second kappa shape index (κ2) is 11.3. The van der Waals surface area contributed by atoms with Gasteiger partial charge in [0, 0.05) is 19.2 Å². The summed E-state index contributed by atoms with van der Waals surface area (Å²) in [6.45, 7) is 7.19. The molecule has 3 aromatic rings. The number of anilines is 1. The summed E-state index contributed by atoms with van der Waals surface area (Å²) in [5.74, 6) is 2.99. The highest BCUT2D eigenvalue weighted by molar-refractivity contribution is 7.79. The molecule has 0 saturated carbocycles. The van der Waals surface area contributed by atoms with Crippen LogP contribution < -0.4 is 14.4 Å². The molecule has 1 aliphatic heterocycles. The largest absolute Gasteiger partial charge is 0.493 e. The van der Waals surface area contributed by atoms with Crippen molar-refractivity contribution >= 4 is 27.2 Å². The van der Waals surface area contributed by atoms with E-state index in [2.05, 4.69) is 26.3 Å². The molecule has 1 aliphatic rings. The van der Waals surface area contributed by atoms with Gasteiger partial charge in [-0.05, 0) is 68.4 Å². The van der Waals surface area contributed by atoms with Gasteiger partial charge in [0.1, 0.15) is 5.75 Å². The fourth-order valence-corrected chi connectivity index (χ4v) is 3.58. The maximum atomic E-state index is 8.74. The molecule has 33 heavy (non-hydrogen) atoms. The molecule has 1 fully saturated rings. The third-order valence-electron chi connectivity index (χ3n) is 5.21. The van der Waals surface area contributed by atoms with E-state index < -0.39 is 10.4 Å². The summed E-state index contributed by atoms with van der Waals surface area (Å²) >= 11 is 0. The van der Waals surface area contributed by atoms with Crippen molar-refractivity contribution < 1.29 is 31.5 Å². The Bertz CT molecular complexity index is 1120. The summed E-state index contributed by atoms with van der Waals surface area (Å²) in [5, 5.41) is 13.3. The zero-order valence-electron chi connectivity index (χ0n) is 18.5. The van der Waals surface area contributed by atoms with Crippen molar-refractivity contribution in [1.82, 2.24) is 15.4 Å². The normalized spacial score (nSPS) is 14.6. The highest BCUT2D eigenvalue weighted by Crippen LogP contribution is 2.29. The molecule has 0 radical (unpaired) electrons. The molecule has 3 heterocycles. The number of hydrogen-bond donors (Lipinski definition) is 2. The summed E-state index contributed by atoms with van der Waals surface area (Å²) in [4.78, 5) is 2.32. The van der Waals surface area contributed by atoms with Gasteiger partial charge in [-0.2, -0.15) is 13.5 Å². The number of ether oxygens (including phenoxy) is 2. The second-order valence-electron chi connectivity index (χ2n) is 7.63. The van der Waals surface area contributed by atoms with Crippen LogP contribution in [0.2, 0.25) is 0 Å². The van der Waals surface area contributed by atoms with Gasteiger partial charge in [0.25, 0.3) is 5.88 Å². The molecular formula is C21H28N4O7S. The van der Waals surface area contributed by atoms with E-state index in [-0.39, 0.29) is 0 Å². The maximum Gasteiger partial charge on any atom is 0.394 e. The van der Waals surface area contributed by atoms with Crippen molar-refractivity contribution in [3.05, 3.63) is 36.0 Å². The highest BCUT2D eigenvalue weighted by Gasteiger charge is 2.20. The number of piperidine rings is 1. The standard InChI is InChI=1S/C21H26N4O3.H2O4S/c1-3-26-21-18-6-5-17(14-19(18)28-24-21)27-13-10-16-8-11-25(12-9-16)20-7-4-15(2)22-23-20;1-5(2,3)4/h4-7,14,16H,3,8-13H2,1-2H3;(H2,1,2,3,4). The van der Waals surface area contributed by atoms with E-state index in [1.54, 1.807) is 0 Å². The Balaban J connectivity index is 0.000000555. The van der Waals surface area contributed by atoms with Crippen molar-refractivity contribution in [2.75, 3.05) is 31.2 Å². The van der Waals surface area contributed by atoms with E-state index in [1.807, 2.05) is 38.1 Å². The minimum atomic E-state index is -4.67. The van der Waals surface area contributed by atoms with E-state index in [0.29, 0.717) is 30.6 Å². The van der Waals surface area contributed by atoms with Gasteiger partial charge in [0.15, 0.2) is 11.4 Å². The molecule has 0 spiro atoms. The van der Waals surface area contributed by atoms with Crippen LogP contribution in [0, 0.1) is 12.8 Å². The number of benzene rings is 1. The number of fused-ring (bicyclic) bond motifs is 1. The van der Waals surface area contributed by atoms with Gasteiger partial charge in [-0.25, -0.2) is 0 Å². The van der Waals surface area contributed by atoms with Gasteiger partial charge in [-0.1, -0.05) is 0 Å². The lowest BCUT2D eigenvalue weighted by Crippen LogP contribution is -2.34. The second-order valence-corrected chi connectivity index (χ2v) is 8.52. The summed E-state index contributed by atoms with van der Waals surface area (Å²) in [7, 11) is -4.67. The smallest absolute Gasteiger partial charge is 0.394 e. The Hall–Kier alpha value is -2.96. The summed E-state index contributed by atoms with van der Waals surface area (Å²) < 4.78 is 48.3. The molecule has 1 aromatic carbocycles. The van der Waals surface area contributed by atoms with Crippen molar-refractivity contribution in [1.29, 1.82) is 0 Å². The van der Waals surface area contributed by atoms with Gasteiger partial charge in [-0.3, -0.25) is 9.11 Å². The third kappa shape index (κ3) is 7.84. The van der Waals surface area contributed by atoms with Crippen LogP contribution in [0.15, 0.2) is 34.9 Å². The average molecular weight is 481 g/mol. The lowest BCUT2D eigenvalue weighted by atomic mass is 9.94. The molecule has 2 aromatic heterocycles. The van der Waals surface area contributed by atoms with Crippen LogP contribution in [-0.4, -0.2) is 59.2 Å². The van der Waals surface area contributed by atoms with Gasteiger partial charge in [0.2, 0.25) is 0 Å². The van der Waals surface area contributed by atoms with Crippen LogP contribution in [0.3, 0.4) is 0 Å². The minimum Gasteiger partial charge on any atom is -0.493 e. The molecule has 0 bridgehead atoms. The van der Waals surface area contributed by atoms with Crippen LogP contribution in [-0.2, 0) is 10.4 Å².